The van der Waals surface area contributed by atoms with Crippen LogP contribution in [-0.4, -0.2) is 24.0 Å². The third kappa shape index (κ3) is 4.68. The first-order valence-corrected chi connectivity index (χ1v) is 8.88. The van der Waals surface area contributed by atoms with Crippen LogP contribution in [0.3, 0.4) is 0 Å². The van der Waals surface area contributed by atoms with Crippen molar-refractivity contribution in [3.05, 3.63) is 41.5 Å². The molecule has 3 nitrogen and oxygen atoms in total. The predicted octanol–water partition coefficient (Wildman–Crippen LogP) is 3.52. The Bertz CT molecular complexity index is 558. The summed E-state index contributed by atoms with van der Waals surface area (Å²) in [6.07, 6.45) is 8.15. The third-order valence-corrected chi connectivity index (χ3v) is 5.15. The lowest BCUT2D eigenvalue weighted by atomic mass is 9.91. The van der Waals surface area contributed by atoms with Crippen LogP contribution in [0.2, 0.25) is 0 Å². The predicted molar refractivity (Wildman–Crippen MR) is 95.0 cm³/mol. The van der Waals surface area contributed by atoms with Crippen molar-refractivity contribution in [1.29, 1.82) is 0 Å². The molecule has 2 aliphatic carbocycles. The molecule has 0 spiro atoms. The van der Waals surface area contributed by atoms with Crippen LogP contribution < -0.4 is 10.6 Å². The Kier molecular flexibility index (Phi) is 5.16. The van der Waals surface area contributed by atoms with Crippen molar-refractivity contribution < 1.29 is 4.79 Å². The van der Waals surface area contributed by atoms with E-state index in [1.165, 1.54) is 30.4 Å². The standard InChI is InChI=1S/C20H28N2O/c1-14(12-16-6-4-3-5-7-16)19-13-20(19)22-18-10-8-17(9-11-18)21-15(2)23/h3-7,12,17-20,22H,8-11,13H2,1-2H3,(H,21,23)/b14-12+/t17?,18?,19-,20+/m0/s1. The minimum absolute atomic E-state index is 0.102. The molecule has 0 unspecified atom stereocenters. The summed E-state index contributed by atoms with van der Waals surface area (Å²) in [5.74, 6) is 0.800. The third-order valence-electron chi connectivity index (χ3n) is 5.15. The zero-order chi connectivity index (χ0) is 16.2. The number of amides is 1. The molecule has 0 aromatic heterocycles. The topological polar surface area (TPSA) is 41.1 Å². The Morgan fingerprint density at radius 1 is 1.04 bits per heavy atom. The summed E-state index contributed by atoms with van der Waals surface area (Å²) in [4.78, 5) is 11.1. The number of carbonyl (C=O) groups excluding carboxylic acids is 1. The van der Waals surface area contributed by atoms with Gasteiger partial charge in [0.25, 0.3) is 0 Å². The van der Waals surface area contributed by atoms with Gasteiger partial charge < -0.3 is 10.6 Å². The van der Waals surface area contributed by atoms with E-state index in [1.54, 1.807) is 6.92 Å². The van der Waals surface area contributed by atoms with Crippen LogP contribution >= 0.6 is 0 Å². The highest BCUT2D eigenvalue weighted by Gasteiger charge is 2.39. The summed E-state index contributed by atoms with van der Waals surface area (Å²) in [5.41, 5.74) is 2.78. The van der Waals surface area contributed by atoms with Crippen LogP contribution in [0.5, 0.6) is 0 Å². The largest absolute Gasteiger partial charge is 0.354 e. The highest BCUT2D eigenvalue weighted by molar-refractivity contribution is 5.73. The number of nitrogens with one attached hydrogen (secondary N) is 2. The van der Waals surface area contributed by atoms with E-state index in [0.29, 0.717) is 24.0 Å². The van der Waals surface area contributed by atoms with Gasteiger partial charge in [0, 0.05) is 25.0 Å². The van der Waals surface area contributed by atoms with Crippen molar-refractivity contribution >= 4 is 12.0 Å². The monoisotopic (exact) mass is 312 g/mol. The van der Waals surface area contributed by atoms with Gasteiger partial charge in [-0.2, -0.15) is 0 Å². The fourth-order valence-electron chi connectivity index (χ4n) is 3.80. The van der Waals surface area contributed by atoms with E-state index in [2.05, 4.69) is 54.0 Å². The maximum Gasteiger partial charge on any atom is 0.217 e. The van der Waals surface area contributed by atoms with Crippen molar-refractivity contribution in [1.82, 2.24) is 10.6 Å². The van der Waals surface area contributed by atoms with E-state index in [-0.39, 0.29) is 5.91 Å². The summed E-state index contributed by atoms with van der Waals surface area (Å²) in [6, 6.07) is 12.2. The van der Waals surface area contributed by atoms with Crippen LogP contribution in [0.25, 0.3) is 6.08 Å². The molecule has 0 radical (unpaired) electrons. The molecule has 124 valence electrons. The second-order valence-electron chi connectivity index (χ2n) is 7.16. The second-order valence-corrected chi connectivity index (χ2v) is 7.16. The van der Waals surface area contributed by atoms with Crippen molar-refractivity contribution in [2.45, 2.75) is 64.1 Å². The van der Waals surface area contributed by atoms with Gasteiger partial charge in [0.05, 0.1) is 0 Å². The van der Waals surface area contributed by atoms with Crippen LogP contribution in [0.1, 0.15) is 51.5 Å². The highest BCUT2D eigenvalue weighted by atomic mass is 16.1. The smallest absolute Gasteiger partial charge is 0.217 e. The molecule has 0 aliphatic heterocycles. The van der Waals surface area contributed by atoms with Gasteiger partial charge in [-0.1, -0.05) is 42.0 Å². The molecule has 2 fully saturated rings. The number of hydrogen-bond donors (Lipinski definition) is 2. The van der Waals surface area contributed by atoms with Gasteiger partial charge in [0.15, 0.2) is 0 Å². The summed E-state index contributed by atoms with van der Waals surface area (Å²) in [6.45, 7) is 3.87. The van der Waals surface area contributed by atoms with E-state index >= 15 is 0 Å². The number of carbonyl (C=O) groups is 1. The van der Waals surface area contributed by atoms with Gasteiger partial charge >= 0.3 is 0 Å². The molecule has 2 N–H and O–H groups in total. The number of rotatable bonds is 5. The lowest BCUT2D eigenvalue weighted by Crippen LogP contribution is -2.42. The van der Waals surface area contributed by atoms with E-state index in [0.717, 1.165) is 12.8 Å². The average molecular weight is 312 g/mol. The Hall–Kier alpha value is -1.61. The fourth-order valence-corrected chi connectivity index (χ4v) is 3.80. The molecule has 0 heterocycles. The molecule has 1 amide bonds. The van der Waals surface area contributed by atoms with Gasteiger partial charge in [-0.25, -0.2) is 0 Å². The maximum atomic E-state index is 11.1. The second kappa shape index (κ2) is 7.31. The van der Waals surface area contributed by atoms with Gasteiger partial charge in [-0.05, 0) is 50.5 Å². The van der Waals surface area contributed by atoms with Crippen LogP contribution in [0.15, 0.2) is 35.9 Å². The van der Waals surface area contributed by atoms with Crippen molar-refractivity contribution in [3.63, 3.8) is 0 Å². The number of benzene rings is 1. The van der Waals surface area contributed by atoms with E-state index in [1.807, 2.05) is 0 Å². The van der Waals surface area contributed by atoms with Gasteiger partial charge in [-0.3, -0.25) is 4.79 Å². The maximum absolute atomic E-state index is 11.1. The van der Waals surface area contributed by atoms with Gasteiger partial charge in [0.1, 0.15) is 0 Å². The van der Waals surface area contributed by atoms with Crippen molar-refractivity contribution in [3.8, 4) is 0 Å². The molecule has 1 aromatic rings. The summed E-state index contributed by atoms with van der Waals surface area (Å²) in [5, 5.41) is 6.88. The number of hydrogen-bond acceptors (Lipinski definition) is 2. The Labute approximate surface area is 139 Å². The molecule has 23 heavy (non-hydrogen) atoms. The van der Waals surface area contributed by atoms with Gasteiger partial charge in [-0.15, -0.1) is 0 Å². The Morgan fingerprint density at radius 3 is 2.35 bits per heavy atom. The molecule has 0 bridgehead atoms. The first kappa shape index (κ1) is 16.3. The van der Waals surface area contributed by atoms with E-state index < -0.39 is 0 Å². The lowest BCUT2D eigenvalue weighted by Gasteiger charge is -2.29. The molecule has 0 saturated heterocycles. The van der Waals surface area contributed by atoms with Crippen LogP contribution in [0.4, 0.5) is 0 Å². The molecular weight excluding hydrogens is 284 g/mol. The molecule has 3 rings (SSSR count). The Balaban J connectivity index is 1.43. The normalized spacial score (nSPS) is 30.8. The Morgan fingerprint density at radius 2 is 1.70 bits per heavy atom. The minimum atomic E-state index is 0.102. The minimum Gasteiger partial charge on any atom is -0.354 e. The summed E-state index contributed by atoms with van der Waals surface area (Å²) < 4.78 is 0. The van der Waals surface area contributed by atoms with Crippen molar-refractivity contribution in [2.24, 2.45) is 5.92 Å². The zero-order valence-corrected chi connectivity index (χ0v) is 14.2. The van der Waals surface area contributed by atoms with Gasteiger partial charge in [0.2, 0.25) is 5.91 Å². The van der Waals surface area contributed by atoms with E-state index in [4.69, 9.17) is 0 Å². The molecule has 2 atom stereocenters. The van der Waals surface area contributed by atoms with Crippen LogP contribution in [-0.2, 0) is 4.79 Å². The van der Waals surface area contributed by atoms with Crippen LogP contribution in [0, 0.1) is 5.92 Å². The first-order chi connectivity index (χ1) is 11.1. The molecule has 2 saturated carbocycles. The van der Waals surface area contributed by atoms with Crippen molar-refractivity contribution in [2.75, 3.05) is 0 Å². The highest BCUT2D eigenvalue weighted by Crippen LogP contribution is 2.39. The SMILES string of the molecule is CC(=O)NC1CCC(N[C@@H]2C[C@H]2/C(C)=C/c2ccccc2)CC1. The average Bonchev–Trinajstić information content (AvgIpc) is 3.29. The first-order valence-electron chi connectivity index (χ1n) is 8.88. The quantitative estimate of drug-likeness (QED) is 0.873. The zero-order valence-electron chi connectivity index (χ0n) is 14.2. The molecular formula is C20H28N2O. The van der Waals surface area contributed by atoms with E-state index in [9.17, 15) is 4.79 Å². The molecule has 1 aromatic carbocycles. The fraction of sp³-hybridized carbons (Fsp3) is 0.550. The lowest BCUT2D eigenvalue weighted by molar-refractivity contribution is -0.119. The summed E-state index contributed by atoms with van der Waals surface area (Å²) in [7, 11) is 0. The summed E-state index contributed by atoms with van der Waals surface area (Å²) >= 11 is 0. The molecule has 2 aliphatic rings. The molecule has 3 heteroatoms.